The van der Waals surface area contributed by atoms with E-state index in [0.29, 0.717) is 6.10 Å². The zero-order chi connectivity index (χ0) is 14.2. The molecule has 20 heavy (non-hydrogen) atoms. The molecule has 2 nitrogen and oxygen atoms in total. The van der Waals surface area contributed by atoms with Crippen molar-refractivity contribution < 1.29 is 7.80 Å². The van der Waals surface area contributed by atoms with E-state index in [1.165, 1.54) is 37.7 Å². The van der Waals surface area contributed by atoms with Crippen molar-refractivity contribution in [3.63, 3.8) is 0 Å². The van der Waals surface area contributed by atoms with Crippen LogP contribution in [-0.4, -0.2) is 12.7 Å². The number of rotatable bonds is 7. The maximum Gasteiger partial charge on any atom is 0.109 e. The van der Waals surface area contributed by atoms with Crippen molar-refractivity contribution in [3.05, 3.63) is 35.9 Å². The highest BCUT2D eigenvalue weighted by Crippen LogP contribution is 2.32. The van der Waals surface area contributed by atoms with Crippen LogP contribution >= 0.6 is 23.0 Å². The molecule has 3 atom stereocenters. The molecule has 0 amide bonds. The van der Waals surface area contributed by atoms with E-state index in [4.69, 9.17) is 7.80 Å². The van der Waals surface area contributed by atoms with E-state index in [9.17, 15) is 0 Å². The quantitative estimate of drug-likeness (QED) is 0.601. The summed E-state index contributed by atoms with van der Waals surface area (Å²) in [5.74, 6) is 1.57. The van der Waals surface area contributed by atoms with E-state index in [2.05, 4.69) is 31.2 Å². The molecular formula is C17H25IO2. The molecule has 0 aromatic heterocycles. The lowest BCUT2D eigenvalue weighted by molar-refractivity contribution is 0.0281. The van der Waals surface area contributed by atoms with Crippen molar-refractivity contribution in [1.82, 2.24) is 0 Å². The first-order valence-electron chi connectivity index (χ1n) is 7.67. The molecule has 3 heteroatoms. The van der Waals surface area contributed by atoms with Gasteiger partial charge in [0.1, 0.15) is 23.0 Å². The maximum absolute atomic E-state index is 5.99. The van der Waals surface area contributed by atoms with Crippen LogP contribution in [0.3, 0.4) is 0 Å². The standard InChI is InChI=1S/C17H25IO2/c1-14(19-12-15-6-3-2-4-7-15)10-16-8-5-9-17(11-16)13-20-18/h2-4,6-7,14,16-17H,5,8-13H2,1H3. The third-order valence-electron chi connectivity index (χ3n) is 4.23. The molecule has 1 aromatic rings. The van der Waals surface area contributed by atoms with Gasteiger partial charge in [0.25, 0.3) is 0 Å². The number of ether oxygens (including phenoxy) is 1. The first-order valence-corrected chi connectivity index (χ1v) is 8.55. The topological polar surface area (TPSA) is 18.5 Å². The zero-order valence-corrected chi connectivity index (χ0v) is 14.4. The van der Waals surface area contributed by atoms with Gasteiger partial charge in [-0.05, 0) is 43.6 Å². The molecule has 1 aliphatic rings. The Morgan fingerprint density at radius 2 is 1.95 bits per heavy atom. The van der Waals surface area contributed by atoms with Crippen LogP contribution in [0.1, 0.15) is 44.6 Å². The SMILES string of the molecule is CC(CC1CCCC(COI)C1)OCc1ccccc1. The van der Waals surface area contributed by atoms with Crippen LogP contribution in [0.15, 0.2) is 30.3 Å². The monoisotopic (exact) mass is 388 g/mol. The van der Waals surface area contributed by atoms with Gasteiger partial charge in [0.15, 0.2) is 0 Å². The minimum atomic E-state index is 0.347. The molecule has 1 aliphatic carbocycles. The third kappa shape index (κ3) is 5.70. The number of halogens is 1. The van der Waals surface area contributed by atoms with Gasteiger partial charge in [0.2, 0.25) is 0 Å². The molecule has 0 saturated heterocycles. The fourth-order valence-electron chi connectivity index (χ4n) is 3.21. The fourth-order valence-corrected chi connectivity index (χ4v) is 3.72. The van der Waals surface area contributed by atoms with E-state index in [-0.39, 0.29) is 0 Å². The summed E-state index contributed by atoms with van der Waals surface area (Å²) in [5.41, 5.74) is 1.26. The lowest BCUT2D eigenvalue weighted by Crippen LogP contribution is -2.22. The van der Waals surface area contributed by atoms with Crippen molar-refractivity contribution in [2.45, 2.75) is 51.7 Å². The summed E-state index contributed by atoms with van der Waals surface area (Å²) in [4.78, 5) is 0. The summed E-state index contributed by atoms with van der Waals surface area (Å²) in [6, 6.07) is 10.4. The number of hydrogen-bond acceptors (Lipinski definition) is 2. The molecule has 1 fully saturated rings. The van der Waals surface area contributed by atoms with E-state index >= 15 is 0 Å². The van der Waals surface area contributed by atoms with Gasteiger partial charge in [-0.1, -0.05) is 43.2 Å². The molecule has 3 unspecified atom stereocenters. The third-order valence-corrected chi connectivity index (χ3v) is 4.59. The van der Waals surface area contributed by atoms with Gasteiger partial charge in [-0.2, -0.15) is 0 Å². The highest BCUT2D eigenvalue weighted by Gasteiger charge is 2.23. The van der Waals surface area contributed by atoms with Gasteiger partial charge >= 0.3 is 0 Å². The van der Waals surface area contributed by atoms with E-state index in [1.807, 2.05) is 29.1 Å². The Hall–Kier alpha value is -0.130. The van der Waals surface area contributed by atoms with E-state index in [1.54, 1.807) is 0 Å². The normalized spacial score (nSPS) is 24.5. The van der Waals surface area contributed by atoms with Crippen LogP contribution in [-0.2, 0) is 14.4 Å². The number of benzene rings is 1. The second-order valence-electron chi connectivity index (χ2n) is 6.02. The summed E-state index contributed by atoms with van der Waals surface area (Å²) in [6.07, 6.45) is 6.88. The maximum atomic E-state index is 5.99. The summed E-state index contributed by atoms with van der Waals surface area (Å²) >= 11 is 2.02. The van der Waals surface area contributed by atoms with E-state index in [0.717, 1.165) is 25.0 Å². The van der Waals surface area contributed by atoms with Gasteiger partial charge in [-0.3, -0.25) is 0 Å². The Kier molecular flexibility index (Phi) is 7.31. The Morgan fingerprint density at radius 3 is 2.70 bits per heavy atom. The molecule has 0 heterocycles. The second kappa shape index (κ2) is 9.00. The molecule has 0 bridgehead atoms. The van der Waals surface area contributed by atoms with Crippen molar-refractivity contribution in [1.29, 1.82) is 0 Å². The summed E-state index contributed by atoms with van der Waals surface area (Å²) in [6.45, 7) is 3.85. The fraction of sp³-hybridized carbons (Fsp3) is 0.647. The first-order chi connectivity index (χ1) is 9.78. The van der Waals surface area contributed by atoms with Gasteiger partial charge in [-0.25, -0.2) is 0 Å². The molecule has 112 valence electrons. The molecule has 0 N–H and O–H groups in total. The summed E-state index contributed by atoms with van der Waals surface area (Å²) < 4.78 is 11.3. The van der Waals surface area contributed by atoms with Crippen LogP contribution < -0.4 is 0 Å². The highest BCUT2D eigenvalue weighted by atomic mass is 127. The minimum absolute atomic E-state index is 0.347. The van der Waals surface area contributed by atoms with Crippen LogP contribution in [0.25, 0.3) is 0 Å². The molecule has 0 radical (unpaired) electrons. The van der Waals surface area contributed by atoms with Crippen LogP contribution in [0.2, 0.25) is 0 Å². The Labute approximate surface area is 136 Å². The van der Waals surface area contributed by atoms with Crippen molar-refractivity contribution in [2.24, 2.45) is 11.8 Å². The average Bonchev–Trinajstić information content (AvgIpc) is 2.47. The van der Waals surface area contributed by atoms with Gasteiger partial charge in [-0.15, -0.1) is 0 Å². The molecule has 0 aliphatic heterocycles. The predicted molar refractivity (Wildman–Crippen MR) is 90.7 cm³/mol. The molecule has 2 rings (SSSR count). The van der Waals surface area contributed by atoms with Gasteiger partial charge in [0.05, 0.1) is 19.3 Å². The minimum Gasteiger partial charge on any atom is -0.374 e. The van der Waals surface area contributed by atoms with E-state index < -0.39 is 0 Å². The van der Waals surface area contributed by atoms with Crippen molar-refractivity contribution in [2.75, 3.05) is 6.61 Å². The highest BCUT2D eigenvalue weighted by molar-refractivity contribution is 14.1. The second-order valence-corrected chi connectivity index (χ2v) is 6.64. The largest absolute Gasteiger partial charge is 0.374 e. The van der Waals surface area contributed by atoms with Crippen LogP contribution in [0.4, 0.5) is 0 Å². The molecular weight excluding hydrogens is 363 g/mol. The molecule has 1 aromatic carbocycles. The number of hydrogen-bond donors (Lipinski definition) is 0. The van der Waals surface area contributed by atoms with Crippen molar-refractivity contribution in [3.8, 4) is 0 Å². The Bertz CT molecular complexity index is 367. The van der Waals surface area contributed by atoms with Crippen LogP contribution in [0, 0.1) is 11.8 Å². The van der Waals surface area contributed by atoms with Crippen molar-refractivity contribution >= 4 is 23.0 Å². The van der Waals surface area contributed by atoms with Gasteiger partial charge in [0, 0.05) is 0 Å². The lowest BCUT2D eigenvalue weighted by atomic mass is 9.79. The first kappa shape index (κ1) is 16.2. The zero-order valence-electron chi connectivity index (χ0n) is 12.3. The smallest absolute Gasteiger partial charge is 0.109 e. The Morgan fingerprint density at radius 1 is 1.20 bits per heavy atom. The molecule has 0 spiro atoms. The summed E-state index contributed by atoms with van der Waals surface area (Å²) in [7, 11) is 0. The average molecular weight is 388 g/mol. The Balaban J connectivity index is 1.69. The van der Waals surface area contributed by atoms with Gasteiger partial charge < -0.3 is 7.80 Å². The lowest BCUT2D eigenvalue weighted by Gasteiger charge is -2.30. The molecule has 1 saturated carbocycles. The predicted octanol–water partition coefficient (Wildman–Crippen LogP) is 5.15. The van der Waals surface area contributed by atoms with Crippen LogP contribution in [0.5, 0.6) is 0 Å². The summed E-state index contributed by atoms with van der Waals surface area (Å²) in [5, 5.41) is 0.